The van der Waals surface area contributed by atoms with Gasteiger partial charge in [-0.2, -0.15) is 0 Å². The molecule has 1 aromatic carbocycles. The summed E-state index contributed by atoms with van der Waals surface area (Å²) in [6, 6.07) is 5.53. The molecule has 0 saturated carbocycles. The van der Waals surface area contributed by atoms with Gasteiger partial charge >= 0.3 is 0 Å². The molecule has 18 heavy (non-hydrogen) atoms. The zero-order valence-electron chi connectivity index (χ0n) is 10.6. The Kier molecular flexibility index (Phi) is 8.72. The van der Waals surface area contributed by atoms with Gasteiger partial charge in [0.25, 0.3) is 0 Å². The van der Waals surface area contributed by atoms with E-state index in [1.165, 1.54) is 0 Å². The molecule has 1 aromatic rings. The fourth-order valence-corrected chi connectivity index (χ4v) is 3.00. The molecule has 0 aliphatic rings. The first kappa shape index (κ1) is 18.4. The standard InChI is InChI=1S/C13H19Br2NO.ClH/c1-8(2)3-4-12(17)13(16)9-5-10(14)7-11(15)6-9;/h5-8,12-13,17H,3-4,16H2,1-2H3;1H/t12-,13+;/m0./s1. The maximum Gasteiger partial charge on any atom is 0.0732 e. The number of rotatable bonds is 5. The molecule has 0 bridgehead atoms. The molecule has 0 amide bonds. The first-order chi connectivity index (χ1) is 7.90. The first-order valence-corrected chi connectivity index (χ1v) is 7.38. The Balaban J connectivity index is 0.00000289. The van der Waals surface area contributed by atoms with Crippen LogP contribution in [0.25, 0.3) is 0 Å². The van der Waals surface area contributed by atoms with E-state index >= 15 is 0 Å². The predicted octanol–water partition coefficient (Wildman–Crippen LogP) is 4.43. The second kappa shape index (κ2) is 8.54. The van der Waals surface area contributed by atoms with Gasteiger partial charge in [-0.15, -0.1) is 12.4 Å². The van der Waals surface area contributed by atoms with Gasteiger partial charge in [0.2, 0.25) is 0 Å². The summed E-state index contributed by atoms with van der Waals surface area (Å²) in [5.41, 5.74) is 7.02. The zero-order valence-corrected chi connectivity index (χ0v) is 14.6. The molecule has 0 spiro atoms. The smallest absolute Gasteiger partial charge is 0.0732 e. The lowest BCUT2D eigenvalue weighted by atomic mass is 9.96. The summed E-state index contributed by atoms with van der Waals surface area (Å²) < 4.78 is 1.93. The fourth-order valence-electron chi connectivity index (χ4n) is 1.67. The van der Waals surface area contributed by atoms with E-state index in [0.29, 0.717) is 5.92 Å². The zero-order chi connectivity index (χ0) is 13.0. The van der Waals surface area contributed by atoms with Crippen LogP contribution in [0.15, 0.2) is 27.1 Å². The van der Waals surface area contributed by atoms with Crippen LogP contribution in [0.5, 0.6) is 0 Å². The van der Waals surface area contributed by atoms with E-state index in [4.69, 9.17) is 5.73 Å². The second-order valence-electron chi connectivity index (χ2n) is 4.77. The van der Waals surface area contributed by atoms with Crippen molar-refractivity contribution in [2.75, 3.05) is 0 Å². The Hall–Kier alpha value is 0.390. The minimum absolute atomic E-state index is 0. The molecule has 0 heterocycles. The third-order valence-corrected chi connectivity index (χ3v) is 3.64. The van der Waals surface area contributed by atoms with Gasteiger partial charge in [-0.3, -0.25) is 0 Å². The molecular formula is C13H20Br2ClNO. The summed E-state index contributed by atoms with van der Waals surface area (Å²) in [6.07, 6.45) is 1.24. The van der Waals surface area contributed by atoms with Crippen LogP contribution in [-0.2, 0) is 0 Å². The normalized spacial score (nSPS) is 14.2. The lowest BCUT2D eigenvalue weighted by molar-refractivity contribution is 0.128. The molecule has 0 aliphatic heterocycles. The number of halogens is 3. The maximum absolute atomic E-state index is 10.0. The van der Waals surface area contributed by atoms with Crippen LogP contribution in [0.3, 0.4) is 0 Å². The van der Waals surface area contributed by atoms with E-state index in [1.807, 2.05) is 18.2 Å². The van der Waals surface area contributed by atoms with E-state index in [0.717, 1.165) is 27.4 Å². The Labute approximate surface area is 132 Å². The lowest BCUT2D eigenvalue weighted by Gasteiger charge is -2.20. The van der Waals surface area contributed by atoms with Crippen molar-refractivity contribution in [3.8, 4) is 0 Å². The van der Waals surface area contributed by atoms with Crippen LogP contribution in [0.1, 0.15) is 38.3 Å². The summed E-state index contributed by atoms with van der Waals surface area (Å²) in [4.78, 5) is 0. The molecule has 3 N–H and O–H groups in total. The first-order valence-electron chi connectivity index (χ1n) is 5.79. The molecule has 0 fully saturated rings. The van der Waals surface area contributed by atoms with Crippen molar-refractivity contribution >= 4 is 44.3 Å². The Morgan fingerprint density at radius 3 is 2.06 bits per heavy atom. The molecule has 0 aromatic heterocycles. The van der Waals surface area contributed by atoms with Crippen molar-refractivity contribution in [1.29, 1.82) is 0 Å². The van der Waals surface area contributed by atoms with Gasteiger partial charge in [0.15, 0.2) is 0 Å². The molecule has 0 aliphatic carbocycles. The van der Waals surface area contributed by atoms with Crippen LogP contribution >= 0.6 is 44.3 Å². The van der Waals surface area contributed by atoms with Crippen molar-refractivity contribution in [2.24, 2.45) is 11.7 Å². The van der Waals surface area contributed by atoms with E-state index in [1.54, 1.807) is 0 Å². The number of hydrogen-bond donors (Lipinski definition) is 2. The summed E-state index contributed by atoms with van der Waals surface area (Å²) in [5, 5.41) is 10.0. The summed E-state index contributed by atoms with van der Waals surface area (Å²) >= 11 is 6.85. The van der Waals surface area contributed by atoms with Gasteiger partial charge in [-0.25, -0.2) is 0 Å². The van der Waals surface area contributed by atoms with Crippen molar-refractivity contribution in [2.45, 2.75) is 38.8 Å². The van der Waals surface area contributed by atoms with Crippen molar-refractivity contribution in [3.05, 3.63) is 32.7 Å². The molecule has 0 saturated heterocycles. The summed E-state index contributed by atoms with van der Waals surface area (Å²) in [5.74, 6) is 0.589. The number of nitrogens with two attached hydrogens (primary N) is 1. The lowest BCUT2D eigenvalue weighted by Crippen LogP contribution is -2.26. The van der Waals surface area contributed by atoms with Gasteiger partial charge in [0, 0.05) is 8.95 Å². The number of aliphatic hydroxyl groups excluding tert-OH is 1. The number of hydrogen-bond acceptors (Lipinski definition) is 2. The van der Waals surface area contributed by atoms with Gasteiger partial charge in [-0.1, -0.05) is 45.7 Å². The highest BCUT2D eigenvalue weighted by molar-refractivity contribution is 9.11. The molecule has 2 atom stereocenters. The highest BCUT2D eigenvalue weighted by Gasteiger charge is 2.17. The molecule has 0 unspecified atom stereocenters. The van der Waals surface area contributed by atoms with Crippen LogP contribution in [-0.4, -0.2) is 11.2 Å². The van der Waals surface area contributed by atoms with Gasteiger partial charge in [0.1, 0.15) is 0 Å². The molecule has 1 rings (SSSR count). The predicted molar refractivity (Wildman–Crippen MR) is 86.1 cm³/mol. The fraction of sp³-hybridized carbons (Fsp3) is 0.538. The Bertz CT molecular complexity index is 354. The van der Waals surface area contributed by atoms with Gasteiger partial charge in [0.05, 0.1) is 12.1 Å². The van der Waals surface area contributed by atoms with Gasteiger partial charge < -0.3 is 10.8 Å². The largest absolute Gasteiger partial charge is 0.391 e. The molecular weight excluding hydrogens is 381 g/mol. The van der Waals surface area contributed by atoms with Crippen LogP contribution in [0.2, 0.25) is 0 Å². The minimum Gasteiger partial charge on any atom is -0.391 e. The Morgan fingerprint density at radius 1 is 1.11 bits per heavy atom. The average Bonchev–Trinajstić information content (AvgIpc) is 2.23. The van der Waals surface area contributed by atoms with Crippen molar-refractivity contribution in [3.63, 3.8) is 0 Å². The Morgan fingerprint density at radius 2 is 1.61 bits per heavy atom. The minimum atomic E-state index is -0.487. The highest BCUT2D eigenvalue weighted by Crippen LogP contribution is 2.26. The summed E-state index contributed by atoms with van der Waals surface area (Å²) in [6.45, 7) is 4.29. The van der Waals surface area contributed by atoms with Crippen molar-refractivity contribution in [1.82, 2.24) is 0 Å². The van der Waals surface area contributed by atoms with Gasteiger partial charge in [-0.05, 0) is 42.5 Å². The third-order valence-electron chi connectivity index (χ3n) is 2.72. The summed E-state index contributed by atoms with van der Waals surface area (Å²) in [7, 11) is 0. The third kappa shape index (κ3) is 6.02. The van der Waals surface area contributed by atoms with Crippen LogP contribution < -0.4 is 5.73 Å². The SMILES string of the molecule is CC(C)CC[C@H](O)[C@H](N)c1cc(Br)cc(Br)c1.Cl. The number of benzene rings is 1. The topological polar surface area (TPSA) is 46.2 Å². The maximum atomic E-state index is 10.0. The second-order valence-corrected chi connectivity index (χ2v) is 6.60. The molecule has 2 nitrogen and oxygen atoms in total. The van der Waals surface area contributed by atoms with Crippen LogP contribution in [0.4, 0.5) is 0 Å². The van der Waals surface area contributed by atoms with Crippen molar-refractivity contribution < 1.29 is 5.11 Å². The number of aliphatic hydroxyl groups is 1. The van der Waals surface area contributed by atoms with E-state index in [-0.39, 0.29) is 18.4 Å². The highest BCUT2D eigenvalue weighted by atomic mass is 79.9. The van der Waals surface area contributed by atoms with E-state index in [2.05, 4.69) is 45.7 Å². The monoisotopic (exact) mass is 399 g/mol. The molecule has 0 radical (unpaired) electrons. The quantitative estimate of drug-likeness (QED) is 0.767. The van der Waals surface area contributed by atoms with E-state index in [9.17, 15) is 5.11 Å². The van der Waals surface area contributed by atoms with Crippen LogP contribution in [0, 0.1) is 5.92 Å². The average molecular weight is 402 g/mol. The van der Waals surface area contributed by atoms with E-state index < -0.39 is 6.10 Å². The molecule has 104 valence electrons. The molecule has 5 heteroatoms.